The van der Waals surface area contributed by atoms with Crippen molar-refractivity contribution in [1.29, 1.82) is 0 Å². The van der Waals surface area contributed by atoms with Crippen LogP contribution in [-0.4, -0.2) is 13.0 Å². The van der Waals surface area contributed by atoms with E-state index in [-0.39, 0.29) is 0 Å². The van der Waals surface area contributed by atoms with Crippen LogP contribution in [0.4, 0.5) is 0 Å². The van der Waals surface area contributed by atoms with Crippen molar-refractivity contribution in [1.82, 2.24) is 0 Å². The van der Waals surface area contributed by atoms with E-state index in [1.807, 2.05) is 0 Å². The van der Waals surface area contributed by atoms with Crippen LogP contribution in [0.15, 0.2) is 27.9 Å². The normalized spacial score (nSPS) is 11.7. The van der Waals surface area contributed by atoms with Crippen LogP contribution in [-0.2, 0) is 10.1 Å². The van der Waals surface area contributed by atoms with Crippen molar-refractivity contribution in [3.63, 3.8) is 0 Å². The molecule has 1 heterocycles. The topological polar surface area (TPSA) is 67.5 Å². The summed E-state index contributed by atoms with van der Waals surface area (Å²) in [7, 11) is -4.13. The number of rotatable bonds is 1. The van der Waals surface area contributed by atoms with Gasteiger partial charge in [0.2, 0.25) is 5.09 Å². The summed E-state index contributed by atoms with van der Waals surface area (Å²) < 4.78 is 32.9. The second kappa shape index (κ2) is 1.85. The fourth-order valence-electron chi connectivity index (χ4n) is 0.410. The van der Waals surface area contributed by atoms with Gasteiger partial charge >= 0.3 is 10.1 Å². The molecule has 0 aliphatic heterocycles. The molecule has 9 heavy (non-hydrogen) atoms. The highest BCUT2D eigenvalue weighted by molar-refractivity contribution is 7.85. The van der Waals surface area contributed by atoms with Gasteiger partial charge in [0.25, 0.3) is 0 Å². The molecule has 1 rings (SSSR count). The molecule has 0 aliphatic rings. The van der Waals surface area contributed by atoms with E-state index >= 15 is 0 Å². The van der Waals surface area contributed by atoms with Crippen LogP contribution >= 0.6 is 0 Å². The molecule has 0 spiro atoms. The molecule has 1 N–H and O–H groups in total. The van der Waals surface area contributed by atoms with Gasteiger partial charge in [-0.15, -0.1) is 0 Å². The first kappa shape index (κ1) is 6.31. The molecule has 0 aliphatic carbocycles. The first-order valence-electron chi connectivity index (χ1n) is 2.12. The van der Waals surface area contributed by atoms with Crippen LogP contribution < -0.4 is 0 Å². The van der Waals surface area contributed by atoms with Gasteiger partial charge in [-0.3, -0.25) is 4.55 Å². The highest BCUT2D eigenvalue weighted by Gasteiger charge is 2.10. The summed E-state index contributed by atoms with van der Waals surface area (Å²) in [4.78, 5) is 0. The molecule has 0 fully saturated rings. The SMILES string of the molecule is O=S(=O)(O)c1ccco1. The van der Waals surface area contributed by atoms with Gasteiger partial charge in [0.1, 0.15) is 0 Å². The maximum absolute atomic E-state index is 10.2. The van der Waals surface area contributed by atoms with Crippen molar-refractivity contribution >= 4 is 10.1 Å². The lowest BCUT2D eigenvalue weighted by Gasteiger charge is -1.84. The Kier molecular flexibility index (Phi) is 1.30. The van der Waals surface area contributed by atoms with Gasteiger partial charge in [-0.25, -0.2) is 0 Å². The minimum Gasteiger partial charge on any atom is -0.451 e. The third-order valence-electron chi connectivity index (χ3n) is 0.749. The molecular formula is C4H4O4S. The maximum Gasteiger partial charge on any atom is 0.328 e. The average Bonchev–Trinajstić information content (AvgIpc) is 2.08. The zero-order chi connectivity index (χ0) is 6.91. The summed E-state index contributed by atoms with van der Waals surface area (Å²) in [6.07, 6.45) is 1.17. The third-order valence-corrected chi connectivity index (χ3v) is 1.49. The van der Waals surface area contributed by atoms with E-state index in [4.69, 9.17) is 4.55 Å². The van der Waals surface area contributed by atoms with Gasteiger partial charge in [0, 0.05) is 0 Å². The summed E-state index contributed by atoms with van der Waals surface area (Å²) in [5, 5.41) is -0.428. The largest absolute Gasteiger partial charge is 0.451 e. The van der Waals surface area contributed by atoms with Crippen LogP contribution in [0.2, 0.25) is 0 Å². The lowest BCUT2D eigenvalue weighted by atomic mass is 10.7. The van der Waals surface area contributed by atoms with Gasteiger partial charge in [-0.05, 0) is 12.1 Å². The van der Waals surface area contributed by atoms with Crippen LogP contribution in [0.5, 0.6) is 0 Å². The molecule has 0 atom stereocenters. The molecule has 0 radical (unpaired) electrons. The van der Waals surface area contributed by atoms with E-state index in [1.165, 1.54) is 12.3 Å². The van der Waals surface area contributed by atoms with Gasteiger partial charge in [0.05, 0.1) is 6.26 Å². The number of hydrogen-bond acceptors (Lipinski definition) is 3. The molecule has 0 unspecified atom stereocenters. The minimum absolute atomic E-state index is 0.428. The predicted octanol–water partition coefficient (Wildman–Crippen LogP) is 0.526. The monoisotopic (exact) mass is 148 g/mol. The first-order chi connectivity index (χ1) is 4.11. The Morgan fingerprint density at radius 3 is 2.44 bits per heavy atom. The Bertz CT molecular complexity index is 270. The van der Waals surface area contributed by atoms with Crippen molar-refractivity contribution in [2.24, 2.45) is 0 Å². The van der Waals surface area contributed by atoms with Crippen molar-refractivity contribution in [3.05, 3.63) is 18.4 Å². The predicted molar refractivity (Wildman–Crippen MR) is 28.5 cm³/mol. The van der Waals surface area contributed by atoms with Crippen LogP contribution in [0.1, 0.15) is 0 Å². The fourth-order valence-corrected chi connectivity index (χ4v) is 0.838. The fraction of sp³-hybridized carbons (Fsp3) is 0. The highest BCUT2D eigenvalue weighted by atomic mass is 32.2. The summed E-state index contributed by atoms with van der Waals surface area (Å²) >= 11 is 0. The summed E-state index contributed by atoms with van der Waals surface area (Å²) in [6, 6.07) is 2.54. The molecule has 0 aromatic carbocycles. The molecule has 0 saturated heterocycles. The lowest BCUT2D eigenvalue weighted by Crippen LogP contribution is -1.94. The summed E-state index contributed by atoms with van der Waals surface area (Å²) in [6.45, 7) is 0. The van der Waals surface area contributed by atoms with E-state index in [0.29, 0.717) is 0 Å². The standard InChI is InChI=1S/C4H4O4S/c5-9(6,7)4-2-1-3-8-4/h1-3H,(H,5,6,7). The zero-order valence-electron chi connectivity index (χ0n) is 4.31. The Labute approximate surface area is 51.9 Å². The third kappa shape index (κ3) is 1.30. The van der Waals surface area contributed by atoms with E-state index in [0.717, 1.165) is 6.07 Å². The van der Waals surface area contributed by atoms with Crippen LogP contribution in [0.3, 0.4) is 0 Å². The highest BCUT2D eigenvalue weighted by Crippen LogP contribution is 2.06. The maximum atomic E-state index is 10.2. The van der Waals surface area contributed by atoms with Gasteiger partial charge in [-0.1, -0.05) is 0 Å². The molecule has 4 nitrogen and oxygen atoms in total. The quantitative estimate of drug-likeness (QED) is 0.590. The van der Waals surface area contributed by atoms with Crippen molar-refractivity contribution in [2.75, 3.05) is 0 Å². The Hall–Kier alpha value is -0.810. The molecule has 5 heteroatoms. The molecular weight excluding hydrogens is 144 g/mol. The summed E-state index contributed by atoms with van der Waals surface area (Å²) in [5.41, 5.74) is 0. The minimum atomic E-state index is -4.13. The Balaban J connectivity index is 3.20. The van der Waals surface area contributed by atoms with Gasteiger partial charge in [-0.2, -0.15) is 8.42 Å². The number of hydrogen-bond donors (Lipinski definition) is 1. The van der Waals surface area contributed by atoms with E-state index in [1.54, 1.807) is 0 Å². The smallest absolute Gasteiger partial charge is 0.328 e. The number of furan rings is 1. The molecule has 1 aromatic heterocycles. The van der Waals surface area contributed by atoms with Gasteiger partial charge in [0.15, 0.2) is 0 Å². The molecule has 50 valence electrons. The molecule has 1 aromatic rings. The van der Waals surface area contributed by atoms with E-state index in [9.17, 15) is 8.42 Å². The Morgan fingerprint density at radius 2 is 2.22 bits per heavy atom. The average molecular weight is 148 g/mol. The van der Waals surface area contributed by atoms with Crippen molar-refractivity contribution in [2.45, 2.75) is 5.09 Å². The van der Waals surface area contributed by atoms with E-state index in [2.05, 4.69) is 4.42 Å². The van der Waals surface area contributed by atoms with Crippen molar-refractivity contribution < 1.29 is 17.4 Å². The molecule has 0 amide bonds. The molecule has 0 saturated carbocycles. The van der Waals surface area contributed by atoms with E-state index < -0.39 is 15.2 Å². The summed E-state index contributed by atoms with van der Waals surface area (Å²) in [5.74, 6) is 0. The second-order valence-electron chi connectivity index (χ2n) is 1.41. The van der Waals surface area contributed by atoms with Crippen LogP contribution in [0, 0.1) is 0 Å². The molecule has 0 bridgehead atoms. The zero-order valence-corrected chi connectivity index (χ0v) is 5.13. The Morgan fingerprint density at radius 1 is 1.56 bits per heavy atom. The lowest BCUT2D eigenvalue weighted by molar-refractivity contribution is 0.407. The van der Waals surface area contributed by atoms with Crippen molar-refractivity contribution in [3.8, 4) is 0 Å². The first-order valence-corrected chi connectivity index (χ1v) is 3.56. The van der Waals surface area contributed by atoms with Gasteiger partial charge < -0.3 is 4.42 Å². The van der Waals surface area contributed by atoms with Crippen LogP contribution in [0.25, 0.3) is 0 Å². The second-order valence-corrected chi connectivity index (χ2v) is 2.76.